The summed E-state index contributed by atoms with van der Waals surface area (Å²) in [4.78, 5) is 10.7. The molecule has 0 atom stereocenters. The predicted molar refractivity (Wildman–Crippen MR) is 79.7 cm³/mol. The number of methoxy groups -OCH3 is 1. The van der Waals surface area contributed by atoms with E-state index in [1.54, 1.807) is 13.8 Å². The van der Waals surface area contributed by atoms with E-state index in [1.807, 2.05) is 0 Å². The molecule has 0 unspecified atom stereocenters. The third-order valence-electron chi connectivity index (χ3n) is 2.80. The molecule has 1 aromatic rings. The molecule has 118 valence electrons. The molecule has 0 bridgehead atoms. The minimum atomic E-state index is -3.99. The molecule has 9 heteroatoms. The van der Waals surface area contributed by atoms with E-state index < -0.39 is 32.2 Å². The van der Waals surface area contributed by atoms with Crippen molar-refractivity contribution in [1.29, 1.82) is 0 Å². The zero-order valence-electron chi connectivity index (χ0n) is 11.6. The van der Waals surface area contributed by atoms with Gasteiger partial charge in [0.05, 0.1) is 21.2 Å². The van der Waals surface area contributed by atoms with Crippen LogP contribution in [-0.2, 0) is 14.8 Å². The maximum Gasteiger partial charge on any atom is 0.338 e. The average molecular weight is 356 g/mol. The summed E-state index contributed by atoms with van der Waals surface area (Å²) in [5.41, 5.74) is -1.17. The van der Waals surface area contributed by atoms with E-state index in [1.165, 1.54) is 13.2 Å². The van der Waals surface area contributed by atoms with Crippen LogP contribution in [0.25, 0.3) is 0 Å². The van der Waals surface area contributed by atoms with E-state index in [-0.39, 0.29) is 16.5 Å². The van der Waals surface area contributed by atoms with Crippen molar-refractivity contribution in [1.82, 2.24) is 4.72 Å². The van der Waals surface area contributed by atoms with Crippen LogP contribution in [0.3, 0.4) is 0 Å². The Kier molecular flexibility index (Phi) is 5.63. The molecule has 0 aliphatic heterocycles. The van der Waals surface area contributed by atoms with Crippen LogP contribution in [0.5, 0.6) is 0 Å². The van der Waals surface area contributed by atoms with E-state index in [9.17, 15) is 13.2 Å². The van der Waals surface area contributed by atoms with Crippen molar-refractivity contribution in [3.8, 4) is 0 Å². The van der Waals surface area contributed by atoms with Gasteiger partial charge in [-0.2, -0.15) is 0 Å². The molecule has 0 fully saturated rings. The Bertz CT molecular complexity index is 658. The summed E-state index contributed by atoms with van der Waals surface area (Å²) in [6.45, 7) is 3.39. The van der Waals surface area contributed by atoms with Crippen LogP contribution in [0.15, 0.2) is 17.0 Å². The first-order chi connectivity index (χ1) is 9.52. The quantitative estimate of drug-likeness (QED) is 0.817. The molecule has 0 spiro atoms. The van der Waals surface area contributed by atoms with E-state index in [2.05, 4.69) is 4.72 Å². The van der Waals surface area contributed by atoms with Crippen LogP contribution in [0, 0.1) is 0 Å². The molecule has 1 rings (SSSR count). The highest BCUT2D eigenvalue weighted by molar-refractivity contribution is 7.89. The smallest absolute Gasteiger partial charge is 0.338 e. The summed E-state index contributed by atoms with van der Waals surface area (Å²) < 4.78 is 31.9. The van der Waals surface area contributed by atoms with Gasteiger partial charge in [0.15, 0.2) is 0 Å². The van der Waals surface area contributed by atoms with Gasteiger partial charge < -0.3 is 9.84 Å². The number of aromatic carboxylic acids is 1. The lowest BCUT2D eigenvalue weighted by Crippen LogP contribution is -2.39. The minimum Gasteiger partial charge on any atom is -0.478 e. The molecular formula is C12H15Cl2NO5S. The van der Waals surface area contributed by atoms with Gasteiger partial charge >= 0.3 is 5.97 Å². The first kappa shape index (κ1) is 18.2. The van der Waals surface area contributed by atoms with Crippen molar-refractivity contribution in [3.05, 3.63) is 27.7 Å². The number of hydrogen-bond donors (Lipinski definition) is 2. The van der Waals surface area contributed by atoms with Crippen LogP contribution in [0.2, 0.25) is 10.0 Å². The standard InChI is InChI=1S/C12H15Cl2NO5S/c1-12(2,20-3)6-15-21(18,19)8-5-4-7(13)9(10(8)14)11(16)17/h4-5,15H,6H2,1-3H3,(H,16,17). The van der Waals surface area contributed by atoms with Gasteiger partial charge in [0.2, 0.25) is 10.0 Å². The summed E-state index contributed by atoms with van der Waals surface area (Å²) in [7, 11) is -2.54. The first-order valence-electron chi connectivity index (χ1n) is 5.78. The number of benzene rings is 1. The Morgan fingerprint density at radius 2 is 1.95 bits per heavy atom. The molecule has 0 saturated heterocycles. The fourth-order valence-electron chi connectivity index (χ4n) is 1.36. The highest BCUT2D eigenvalue weighted by Crippen LogP contribution is 2.31. The zero-order chi connectivity index (χ0) is 16.4. The lowest BCUT2D eigenvalue weighted by Gasteiger charge is -2.23. The van der Waals surface area contributed by atoms with Crippen LogP contribution in [0.1, 0.15) is 24.2 Å². The van der Waals surface area contributed by atoms with Crippen molar-refractivity contribution >= 4 is 39.2 Å². The van der Waals surface area contributed by atoms with Crippen LogP contribution >= 0.6 is 23.2 Å². The Morgan fingerprint density at radius 1 is 1.38 bits per heavy atom. The SMILES string of the molecule is COC(C)(C)CNS(=O)(=O)c1ccc(Cl)c(C(=O)O)c1Cl. The highest BCUT2D eigenvalue weighted by atomic mass is 35.5. The summed E-state index contributed by atoms with van der Waals surface area (Å²) in [5.74, 6) is -1.40. The molecule has 6 nitrogen and oxygen atoms in total. The van der Waals surface area contributed by atoms with Crippen molar-refractivity contribution in [2.45, 2.75) is 24.3 Å². The molecule has 0 heterocycles. The van der Waals surface area contributed by atoms with Crippen molar-refractivity contribution < 1.29 is 23.1 Å². The van der Waals surface area contributed by atoms with Gasteiger partial charge in [-0.3, -0.25) is 0 Å². The van der Waals surface area contributed by atoms with Gasteiger partial charge in [-0.25, -0.2) is 17.9 Å². The van der Waals surface area contributed by atoms with Gasteiger partial charge in [-0.1, -0.05) is 23.2 Å². The Hall–Kier alpha value is -0.860. The molecule has 0 aliphatic rings. The number of nitrogens with one attached hydrogen (secondary N) is 1. The van der Waals surface area contributed by atoms with Gasteiger partial charge in [-0.15, -0.1) is 0 Å². The molecule has 0 radical (unpaired) electrons. The predicted octanol–water partition coefficient (Wildman–Crippen LogP) is 2.39. The van der Waals surface area contributed by atoms with E-state index in [4.69, 9.17) is 33.0 Å². The number of rotatable bonds is 6. The molecular weight excluding hydrogens is 341 g/mol. The number of carbonyl (C=O) groups is 1. The molecule has 1 aromatic carbocycles. The lowest BCUT2D eigenvalue weighted by atomic mass is 10.1. The van der Waals surface area contributed by atoms with Crippen LogP contribution < -0.4 is 4.72 Å². The van der Waals surface area contributed by atoms with E-state index >= 15 is 0 Å². The van der Waals surface area contributed by atoms with Crippen molar-refractivity contribution in [2.75, 3.05) is 13.7 Å². The maximum absolute atomic E-state index is 12.2. The Balaban J connectivity index is 3.22. The second-order valence-corrected chi connectivity index (χ2v) is 7.35. The molecule has 0 aliphatic carbocycles. The van der Waals surface area contributed by atoms with Crippen molar-refractivity contribution in [2.24, 2.45) is 0 Å². The normalized spacial score (nSPS) is 12.4. The number of ether oxygens (including phenoxy) is 1. The number of carboxylic acid groups (broad SMARTS) is 1. The molecule has 21 heavy (non-hydrogen) atoms. The summed E-state index contributed by atoms with van der Waals surface area (Å²) in [5, 5.41) is 8.46. The second-order valence-electron chi connectivity index (χ2n) is 4.83. The zero-order valence-corrected chi connectivity index (χ0v) is 13.9. The number of halogens is 2. The summed E-state index contributed by atoms with van der Waals surface area (Å²) >= 11 is 11.6. The first-order valence-corrected chi connectivity index (χ1v) is 8.02. The number of sulfonamides is 1. The van der Waals surface area contributed by atoms with Gasteiger partial charge in [0, 0.05) is 13.7 Å². The second kappa shape index (κ2) is 6.50. The lowest BCUT2D eigenvalue weighted by molar-refractivity contribution is 0.0276. The fraction of sp³-hybridized carbons (Fsp3) is 0.417. The highest BCUT2D eigenvalue weighted by Gasteiger charge is 2.27. The van der Waals surface area contributed by atoms with Crippen molar-refractivity contribution in [3.63, 3.8) is 0 Å². The summed E-state index contributed by atoms with van der Waals surface area (Å²) in [6, 6.07) is 2.33. The summed E-state index contributed by atoms with van der Waals surface area (Å²) in [6.07, 6.45) is 0. The average Bonchev–Trinajstić information content (AvgIpc) is 2.36. The Morgan fingerprint density at radius 3 is 2.43 bits per heavy atom. The van der Waals surface area contributed by atoms with Crippen LogP contribution in [0.4, 0.5) is 0 Å². The van der Waals surface area contributed by atoms with Crippen LogP contribution in [-0.4, -0.2) is 38.7 Å². The molecule has 0 amide bonds. The largest absolute Gasteiger partial charge is 0.478 e. The fourth-order valence-corrected chi connectivity index (χ4v) is 3.47. The van der Waals surface area contributed by atoms with E-state index in [0.717, 1.165) is 6.07 Å². The Labute approximate surface area is 133 Å². The van der Waals surface area contributed by atoms with Gasteiger partial charge in [-0.05, 0) is 26.0 Å². The number of hydrogen-bond acceptors (Lipinski definition) is 4. The molecule has 0 saturated carbocycles. The monoisotopic (exact) mass is 355 g/mol. The van der Waals surface area contributed by atoms with Gasteiger partial charge in [0.25, 0.3) is 0 Å². The third kappa shape index (κ3) is 4.31. The number of carboxylic acids is 1. The molecule has 0 aromatic heterocycles. The minimum absolute atomic E-state index is 0.00675. The third-order valence-corrected chi connectivity index (χ3v) is 5.06. The topological polar surface area (TPSA) is 92.7 Å². The maximum atomic E-state index is 12.2. The molecule has 2 N–H and O–H groups in total. The van der Waals surface area contributed by atoms with Gasteiger partial charge in [0.1, 0.15) is 4.90 Å². The van der Waals surface area contributed by atoms with E-state index in [0.29, 0.717) is 0 Å².